The van der Waals surface area contributed by atoms with Crippen LogP contribution in [0.4, 0.5) is 0 Å². The van der Waals surface area contributed by atoms with Crippen molar-refractivity contribution in [2.45, 2.75) is 69.7 Å². The van der Waals surface area contributed by atoms with E-state index >= 15 is 0 Å². The molecule has 1 spiro atoms. The zero-order valence-corrected chi connectivity index (χ0v) is 13.6. The second kappa shape index (κ2) is 6.23. The van der Waals surface area contributed by atoms with E-state index in [1.54, 1.807) is 0 Å². The van der Waals surface area contributed by atoms with Gasteiger partial charge in [0.05, 0.1) is 6.42 Å². The van der Waals surface area contributed by atoms with Crippen LogP contribution < -0.4 is 10.6 Å². The second-order valence-corrected chi connectivity index (χ2v) is 7.50. The molecule has 6 nitrogen and oxygen atoms in total. The summed E-state index contributed by atoms with van der Waals surface area (Å²) in [6.45, 7) is 2.17. The third kappa shape index (κ3) is 3.27. The van der Waals surface area contributed by atoms with Gasteiger partial charge < -0.3 is 15.2 Å². The van der Waals surface area contributed by atoms with Gasteiger partial charge >= 0.3 is 0 Å². The minimum atomic E-state index is 0.0247. The fourth-order valence-electron chi connectivity index (χ4n) is 4.32. The van der Waals surface area contributed by atoms with Gasteiger partial charge in [-0.25, -0.2) is 0 Å². The Labute approximate surface area is 136 Å². The van der Waals surface area contributed by atoms with Crippen molar-refractivity contribution in [3.8, 4) is 0 Å². The quantitative estimate of drug-likeness (QED) is 0.886. The van der Waals surface area contributed by atoms with Crippen molar-refractivity contribution in [2.24, 2.45) is 5.41 Å². The van der Waals surface area contributed by atoms with E-state index in [1.807, 2.05) is 0 Å². The molecule has 0 bridgehead atoms. The molecule has 1 atom stereocenters. The lowest BCUT2D eigenvalue weighted by Gasteiger charge is -2.22. The van der Waals surface area contributed by atoms with E-state index in [-0.39, 0.29) is 12.3 Å². The topological polar surface area (TPSA) is 80.1 Å². The molecule has 1 saturated heterocycles. The molecule has 2 aliphatic carbocycles. The Morgan fingerprint density at radius 3 is 2.83 bits per heavy atom. The van der Waals surface area contributed by atoms with E-state index in [0.717, 1.165) is 38.2 Å². The Balaban J connectivity index is 1.31. The van der Waals surface area contributed by atoms with Gasteiger partial charge in [0.1, 0.15) is 0 Å². The number of rotatable bonds is 4. The summed E-state index contributed by atoms with van der Waals surface area (Å²) in [5, 5.41) is 10.5. The number of aromatic nitrogens is 2. The van der Waals surface area contributed by atoms with Crippen molar-refractivity contribution in [3.05, 3.63) is 11.7 Å². The fourth-order valence-corrected chi connectivity index (χ4v) is 4.32. The van der Waals surface area contributed by atoms with Crippen LogP contribution in [-0.2, 0) is 11.2 Å². The van der Waals surface area contributed by atoms with Crippen molar-refractivity contribution in [1.82, 2.24) is 20.8 Å². The van der Waals surface area contributed by atoms with E-state index in [4.69, 9.17) is 4.52 Å². The highest BCUT2D eigenvalue weighted by molar-refractivity contribution is 5.78. The lowest BCUT2D eigenvalue weighted by molar-refractivity contribution is -0.121. The number of hydrogen-bond acceptors (Lipinski definition) is 5. The maximum Gasteiger partial charge on any atom is 0.230 e. The van der Waals surface area contributed by atoms with Gasteiger partial charge in [-0.15, -0.1) is 0 Å². The van der Waals surface area contributed by atoms with Crippen LogP contribution in [0.5, 0.6) is 0 Å². The van der Waals surface area contributed by atoms with Gasteiger partial charge in [-0.3, -0.25) is 4.79 Å². The molecule has 0 aromatic carbocycles. The zero-order chi connectivity index (χ0) is 15.7. The Morgan fingerprint density at radius 2 is 2.04 bits per heavy atom. The molecule has 0 radical (unpaired) electrons. The zero-order valence-electron chi connectivity index (χ0n) is 13.6. The fraction of sp³-hybridized carbons (Fsp3) is 0.824. The van der Waals surface area contributed by atoms with Gasteiger partial charge in [-0.1, -0.05) is 24.4 Å². The minimum Gasteiger partial charge on any atom is -0.353 e. The minimum absolute atomic E-state index is 0.0247. The van der Waals surface area contributed by atoms with Crippen molar-refractivity contribution in [1.29, 1.82) is 0 Å². The molecular formula is C17H26N4O2. The highest BCUT2D eigenvalue weighted by Crippen LogP contribution is 2.63. The van der Waals surface area contributed by atoms with Crippen LogP contribution in [0.3, 0.4) is 0 Å². The first kappa shape index (κ1) is 15.1. The summed E-state index contributed by atoms with van der Waals surface area (Å²) >= 11 is 0. The van der Waals surface area contributed by atoms with Crippen molar-refractivity contribution < 1.29 is 9.32 Å². The third-order valence-corrected chi connectivity index (χ3v) is 5.86. The van der Waals surface area contributed by atoms with Gasteiger partial charge in [0.15, 0.2) is 5.82 Å². The molecule has 126 valence electrons. The SMILES string of the molecule is O=C(Cc1noc(C2CC23CCNCC3)n1)NC1CCCCC1. The smallest absolute Gasteiger partial charge is 0.230 e. The molecule has 2 saturated carbocycles. The summed E-state index contributed by atoms with van der Waals surface area (Å²) in [5.74, 6) is 1.71. The predicted molar refractivity (Wildman–Crippen MR) is 84.9 cm³/mol. The maximum atomic E-state index is 12.1. The van der Waals surface area contributed by atoms with Crippen LogP contribution >= 0.6 is 0 Å². The molecule has 1 unspecified atom stereocenters. The predicted octanol–water partition coefficient (Wildman–Crippen LogP) is 1.92. The summed E-state index contributed by atoms with van der Waals surface area (Å²) in [6, 6.07) is 0.337. The van der Waals surface area contributed by atoms with Crippen LogP contribution in [0, 0.1) is 5.41 Å². The van der Waals surface area contributed by atoms with Gasteiger partial charge in [-0.2, -0.15) is 4.98 Å². The Kier molecular flexibility index (Phi) is 4.09. The van der Waals surface area contributed by atoms with E-state index in [0.29, 0.717) is 23.2 Å². The Bertz CT molecular complexity index is 559. The summed E-state index contributed by atoms with van der Waals surface area (Å²) in [4.78, 5) is 16.6. The number of carbonyl (C=O) groups excluding carboxylic acids is 1. The van der Waals surface area contributed by atoms with Gasteiger partial charge in [0.25, 0.3) is 0 Å². The Hall–Kier alpha value is -1.43. The molecule has 3 fully saturated rings. The summed E-state index contributed by atoms with van der Waals surface area (Å²) in [7, 11) is 0. The molecular weight excluding hydrogens is 292 g/mol. The molecule has 6 heteroatoms. The highest BCUT2D eigenvalue weighted by atomic mass is 16.5. The molecule has 2 heterocycles. The summed E-state index contributed by atoms with van der Waals surface area (Å²) in [6.07, 6.45) is 9.70. The van der Waals surface area contributed by atoms with Crippen LogP contribution in [-0.4, -0.2) is 35.2 Å². The second-order valence-electron chi connectivity index (χ2n) is 7.50. The largest absolute Gasteiger partial charge is 0.353 e. The summed E-state index contributed by atoms with van der Waals surface area (Å²) < 4.78 is 5.45. The first-order valence-corrected chi connectivity index (χ1v) is 9.08. The average molecular weight is 318 g/mol. The number of hydrogen-bond donors (Lipinski definition) is 2. The summed E-state index contributed by atoms with van der Waals surface area (Å²) in [5.41, 5.74) is 0.388. The molecule has 23 heavy (non-hydrogen) atoms. The van der Waals surface area contributed by atoms with Crippen molar-refractivity contribution in [3.63, 3.8) is 0 Å². The van der Waals surface area contributed by atoms with E-state index in [1.165, 1.54) is 32.1 Å². The molecule has 1 amide bonds. The molecule has 1 aromatic rings. The monoisotopic (exact) mass is 318 g/mol. The first-order valence-electron chi connectivity index (χ1n) is 9.08. The normalized spacial score (nSPS) is 27.0. The number of piperidine rings is 1. The van der Waals surface area contributed by atoms with Gasteiger partial charge in [-0.05, 0) is 50.6 Å². The van der Waals surface area contributed by atoms with Crippen LogP contribution in [0.25, 0.3) is 0 Å². The van der Waals surface area contributed by atoms with E-state index in [9.17, 15) is 4.79 Å². The van der Waals surface area contributed by atoms with Gasteiger partial charge in [0, 0.05) is 12.0 Å². The Morgan fingerprint density at radius 1 is 1.26 bits per heavy atom. The molecule has 4 rings (SSSR count). The van der Waals surface area contributed by atoms with E-state index < -0.39 is 0 Å². The standard InChI is InChI=1S/C17H26N4O2/c22-15(19-12-4-2-1-3-5-12)10-14-20-16(23-21-14)13-11-17(13)6-8-18-9-7-17/h12-13,18H,1-11H2,(H,19,22). The lowest BCUT2D eigenvalue weighted by atomic mass is 9.92. The molecule has 3 aliphatic rings. The number of carbonyl (C=O) groups is 1. The molecule has 1 aliphatic heterocycles. The highest BCUT2D eigenvalue weighted by Gasteiger charge is 2.57. The van der Waals surface area contributed by atoms with Gasteiger partial charge in [0.2, 0.25) is 11.8 Å². The maximum absolute atomic E-state index is 12.1. The van der Waals surface area contributed by atoms with Crippen LogP contribution in [0.1, 0.15) is 69.0 Å². The lowest BCUT2D eigenvalue weighted by Crippen LogP contribution is -2.37. The molecule has 1 aromatic heterocycles. The van der Waals surface area contributed by atoms with Crippen LogP contribution in [0.2, 0.25) is 0 Å². The van der Waals surface area contributed by atoms with Crippen molar-refractivity contribution in [2.75, 3.05) is 13.1 Å². The number of nitrogens with zero attached hydrogens (tertiary/aromatic N) is 2. The average Bonchev–Trinajstić information content (AvgIpc) is 3.04. The first-order chi connectivity index (χ1) is 11.3. The number of nitrogens with one attached hydrogen (secondary N) is 2. The third-order valence-electron chi connectivity index (χ3n) is 5.86. The van der Waals surface area contributed by atoms with Crippen molar-refractivity contribution >= 4 is 5.91 Å². The molecule has 2 N–H and O–H groups in total. The van der Waals surface area contributed by atoms with E-state index in [2.05, 4.69) is 20.8 Å². The number of amides is 1. The van der Waals surface area contributed by atoms with Crippen LogP contribution in [0.15, 0.2) is 4.52 Å².